The van der Waals surface area contributed by atoms with Gasteiger partial charge in [-0.1, -0.05) is 30.3 Å². The summed E-state index contributed by atoms with van der Waals surface area (Å²) in [5.41, 5.74) is 1.13. The fraction of sp³-hybridized carbons (Fsp3) is 0.462. The molecule has 1 heterocycles. The molecule has 1 fully saturated rings. The van der Waals surface area contributed by atoms with Crippen LogP contribution in [0.1, 0.15) is 30.7 Å². The average Bonchev–Trinajstić information content (AvgIpc) is 2.80. The lowest BCUT2D eigenvalue weighted by molar-refractivity contribution is -0.137. The van der Waals surface area contributed by atoms with Crippen LogP contribution in [-0.2, 0) is 4.79 Å². The van der Waals surface area contributed by atoms with E-state index in [0.29, 0.717) is 6.04 Å². The first kappa shape index (κ1) is 11.1. The molecule has 1 aliphatic heterocycles. The first-order valence-corrected chi connectivity index (χ1v) is 5.77. The third-order valence-corrected chi connectivity index (χ3v) is 3.21. The van der Waals surface area contributed by atoms with Crippen molar-refractivity contribution < 1.29 is 9.90 Å². The lowest BCUT2D eigenvalue weighted by atomic mass is 9.88. The third-order valence-electron chi connectivity index (χ3n) is 3.21. The van der Waals surface area contributed by atoms with Gasteiger partial charge in [0.05, 0.1) is 6.42 Å². The van der Waals surface area contributed by atoms with Crippen LogP contribution in [0.15, 0.2) is 30.3 Å². The third kappa shape index (κ3) is 2.61. The van der Waals surface area contributed by atoms with E-state index in [1.54, 1.807) is 0 Å². The maximum atomic E-state index is 10.9. The second kappa shape index (κ2) is 5.12. The van der Waals surface area contributed by atoms with Crippen molar-refractivity contribution in [3.05, 3.63) is 35.9 Å². The van der Waals surface area contributed by atoms with Crippen molar-refractivity contribution in [3.63, 3.8) is 0 Å². The predicted octanol–water partition coefficient (Wildman–Crippen LogP) is 2.00. The summed E-state index contributed by atoms with van der Waals surface area (Å²) < 4.78 is 0. The Hall–Kier alpha value is -1.35. The topological polar surface area (TPSA) is 49.3 Å². The standard InChI is InChI=1S/C13H17NO2/c15-13(16)9-11(12-7-4-8-14-12)10-5-2-1-3-6-10/h1-3,5-6,11-12,14H,4,7-9H2,(H,15,16)/t11-,12+/m0/s1. The Morgan fingerprint density at radius 2 is 2.19 bits per heavy atom. The maximum absolute atomic E-state index is 10.9. The summed E-state index contributed by atoms with van der Waals surface area (Å²) in [6, 6.07) is 10.3. The summed E-state index contributed by atoms with van der Waals surface area (Å²) in [6.07, 6.45) is 2.43. The molecule has 0 radical (unpaired) electrons. The van der Waals surface area contributed by atoms with E-state index in [0.717, 1.165) is 24.9 Å². The average molecular weight is 219 g/mol. The maximum Gasteiger partial charge on any atom is 0.304 e. The van der Waals surface area contributed by atoms with Gasteiger partial charge in [0.25, 0.3) is 0 Å². The highest BCUT2D eigenvalue weighted by Gasteiger charge is 2.27. The molecule has 0 spiro atoms. The van der Waals surface area contributed by atoms with Crippen molar-refractivity contribution in [2.75, 3.05) is 6.54 Å². The van der Waals surface area contributed by atoms with Crippen molar-refractivity contribution in [3.8, 4) is 0 Å². The van der Waals surface area contributed by atoms with Gasteiger partial charge in [-0.15, -0.1) is 0 Å². The van der Waals surface area contributed by atoms with E-state index in [1.807, 2.05) is 30.3 Å². The van der Waals surface area contributed by atoms with Crippen molar-refractivity contribution >= 4 is 5.97 Å². The number of carbonyl (C=O) groups is 1. The Balaban J connectivity index is 2.16. The van der Waals surface area contributed by atoms with Gasteiger partial charge in [0.2, 0.25) is 0 Å². The summed E-state index contributed by atoms with van der Waals surface area (Å²) in [5, 5.41) is 12.4. The minimum atomic E-state index is -0.720. The molecule has 0 bridgehead atoms. The molecule has 2 rings (SSSR count). The number of nitrogens with one attached hydrogen (secondary N) is 1. The summed E-state index contributed by atoms with van der Waals surface area (Å²) >= 11 is 0. The molecule has 3 nitrogen and oxygen atoms in total. The number of hydrogen-bond donors (Lipinski definition) is 2. The number of carboxylic acid groups (broad SMARTS) is 1. The van der Waals surface area contributed by atoms with Crippen LogP contribution < -0.4 is 5.32 Å². The van der Waals surface area contributed by atoms with Gasteiger partial charge in [0, 0.05) is 12.0 Å². The summed E-state index contributed by atoms with van der Waals surface area (Å²) in [4.78, 5) is 10.9. The predicted molar refractivity (Wildman–Crippen MR) is 62.5 cm³/mol. The molecule has 0 saturated carbocycles. The van der Waals surface area contributed by atoms with Gasteiger partial charge in [0.1, 0.15) is 0 Å². The molecule has 16 heavy (non-hydrogen) atoms. The van der Waals surface area contributed by atoms with Crippen LogP contribution >= 0.6 is 0 Å². The molecular formula is C13H17NO2. The van der Waals surface area contributed by atoms with Crippen molar-refractivity contribution in [2.24, 2.45) is 0 Å². The van der Waals surface area contributed by atoms with Gasteiger partial charge in [-0.25, -0.2) is 0 Å². The van der Waals surface area contributed by atoms with E-state index >= 15 is 0 Å². The molecule has 0 aliphatic carbocycles. The molecule has 1 aliphatic rings. The van der Waals surface area contributed by atoms with Gasteiger partial charge >= 0.3 is 5.97 Å². The fourth-order valence-electron chi connectivity index (χ4n) is 2.44. The molecule has 1 aromatic carbocycles. The van der Waals surface area contributed by atoms with Gasteiger partial charge in [-0.2, -0.15) is 0 Å². The molecular weight excluding hydrogens is 202 g/mol. The summed E-state index contributed by atoms with van der Waals surface area (Å²) in [6.45, 7) is 1.01. The number of aliphatic carboxylic acids is 1. The van der Waals surface area contributed by atoms with Crippen LogP contribution in [0.25, 0.3) is 0 Å². The zero-order chi connectivity index (χ0) is 11.4. The van der Waals surface area contributed by atoms with E-state index in [9.17, 15) is 4.79 Å². The Morgan fingerprint density at radius 1 is 1.44 bits per heavy atom. The molecule has 0 amide bonds. The Morgan fingerprint density at radius 3 is 2.75 bits per heavy atom. The number of rotatable bonds is 4. The van der Waals surface area contributed by atoms with E-state index < -0.39 is 5.97 Å². The quantitative estimate of drug-likeness (QED) is 0.814. The van der Waals surface area contributed by atoms with Crippen molar-refractivity contribution in [2.45, 2.75) is 31.2 Å². The van der Waals surface area contributed by atoms with Crippen LogP contribution in [0.2, 0.25) is 0 Å². The minimum absolute atomic E-state index is 0.0983. The largest absolute Gasteiger partial charge is 0.481 e. The monoisotopic (exact) mass is 219 g/mol. The molecule has 2 atom stereocenters. The number of hydrogen-bond acceptors (Lipinski definition) is 2. The van der Waals surface area contributed by atoms with E-state index in [1.165, 1.54) is 0 Å². The highest BCUT2D eigenvalue weighted by atomic mass is 16.4. The number of benzene rings is 1. The van der Waals surface area contributed by atoms with Gasteiger partial charge < -0.3 is 10.4 Å². The van der Waals surface area contributed by atoms with Gasteiger partial charge in [-0.05, 0) is 24.9 Å². The van der Waals surface area contributed by atoms with Crippen LogP contribution in [0.4, 0.5) is 0 Å². The van der Waals surface area contributed by atoms with Crippen LogP contribution in [0.5, 0.6) is 0 Å². The zero-order valence-corrected chi connectivity index (χ0v) is 9.23. The Kier molecular flexibility index (Phi) is 3.57. The van der Waals surface area contributed by atoms with Crippen molar-refractivity contribution in [1.29, 1.82) is 0 Å². The molecule has 0 unspecified atom stereocenters. The zero-order valence-electron chi connectivity index (χ0n) is 9.23. The second-order valence-corrected chi connectivity index (χ2v) is 4.32. The SMILES string of the molecule is O=C(O)C[C@@H](c1ccccc1)[C@H]1CCCN1. The van der Waals surface area contributed by atoms with E-state index in [2.05, 4.69) is 5.32 Å². The molecule has 1 saturated heterocycles. The van der Waals surface area contributed by atoms with Crippen LogP contribution in [-0.4, -0.2) is 23.7 Å². The van der Waals surface area contributed by atoms with E-state index in [4.69, 9.17) is 5.11 Å². The minimum Gasteiger partial charge on any atom is -0.481 e. The number of carboxylic acids is 1. The van der Waals surface area contributed by atoms with Gasteiger partial charge in [0.15, 0.2) is 0 Å². The Bertz CT molecular complexity index is 344. The smallest absolute Gasteiger partial charge is 0.304 e. The van der Waals surface area contributed by atoms with E-state index in [-0.39, 0.29) is 12.3 Å². The van der Waals surface area contributed by atoms with Crippen LogP contribution in [0.3, 0.4) is 0 Å². The highest BCUT2D eigenvalue weighted by molar-refractivity contribution is 5.68. The first-order chi connectivity index (χ1) is 7.77. The lowest BCUT2D eigenvalue weighted by Crippen LogP contribution is -2.30. The highest BCUT2D eigenvalue weighted by Crippen LogP contribution is 2.28. The van der Waals surface area contributed by atoms with Gasteiger partial charge in [-0.3, -0.25) is 4.79 Å². The lowest BCUT2D eigenvalue weighted by Gasteiger charge is -2.22. The summed E-state index contributed by atoms with van der Waals surface area (Å²) in [7, 11) is 0. The molecule has 0 aromatic heterocycles. The van der Waals surface area contributed by atoms with Crippen LogP contribution in [0, 0.1) is 0 Å². The second-order valence-electron chi connectivity index (χ2n) is 4.32. The molecule has 86 valence electrons. The van der Waals surface area contributed by atoms with Crippen molar-refractivity contribution in [1.82, 2.24) is 5.32 Å². The Labute approximate surface area is 95.5 Å². The molecule has 2 N–H and O–H groups in total. The fourth-order valence-corrected chi connectivity index (χ4v) is 2.44. The molecule has 1 aromatic rings. The first-order valence-electron chi connectivity index (χ1n) is 5.77. The summed E-state index contributed by atoms with van der Waals surface area (Å²) in [5.74, 6) is -0.622. The molecule has 3 heteroatoms. The normalized spacial score (nSPS) is 21.9.